The second-order valence-electron chi connectivity index (χ2n) is 12.3. The molecule has 2 N–H and O–H groups in total. The first-order valence-electron chi connectivity index (χ1n) is 17.6. The lowest BCUT2D eigenvalue weighted by molar-refractivity contribution is 0.664. The van der Waals surface area contributed by atoms with Gasteiger partial charge in [0.1, 0.15) is 5.58 Å². The molecule has 4 heteroatoms. The lowest BCUT2D eigenvalue weighted by Crippen LogP contribution is -2.13. The normalized spacial score (nSPS) is 11.9. The third kappa shape index (κ3) is 4.83. The summed E-state index contributed by atoms with van der Waals surface area (Å²) < 4.78 is 9.52. The van der Waals surface area contributed by atoms with Crippen molar-refractivity contribution in [2.75, 3.05) is 7.05 Å². The van der Waals surface area contributed by atoms with E-state index in [4.69, 9.17) is 4.42 Å². The average molecular weight is 662 g/mol. The zero-order chi connectivity index (χ0) is 35.1. The number of fused-ring (bicyclic) bond motifs is 13. The van der Waals surface area contributed by atoms with E-state index in [9.17, 15) is 0 Å². The molecule has 0 aliphatic heterocycles. The average Bonchev–Trinajstić information content (AvgIpc) is 3.77. The number of aliphatic imine (C=N–C) groups is 1. The smallest absolute Gasteiger partial charge is 0.160 e. The maximum Gasteiger partial charge on any atom is 0.160 e. The summed E-state index contributed by atoms with van der Waals surface area (Å²) in [5.74, 6) is 0. The number of para-hydroxylation sites is 2. The number of hydrogen-bond acceptors (Lipinski definition) is 3. The molecule has 51 heavy (non-hydrogen) atoms. The van der Waals surface area contributed by atoms with Gasteiger partial charge in [-0.1, -0.05) is 153 Å². The van der Waals surface area contributed by atoms with Crippen LogP contribution in [-0.4, -0.2) is 18.3 Å². The number of nitrogens with zero attached hydrogens (tertiary/aromatic N) is 2. The van der Waals surface area contributed by atoms with Crippen LogP contribution in [0, 0.1) is 0 Å². The minimum atomic E-state index is -0.244. The van der Waals surface area contributed by atoms with Crippen molar-refractivity contribution >= 4 is 88.5 Å². The van der Waals surface area contributed by atoms with Gasteiger partial charge in [0.05, 0.1) is 22.8 Å². The number of hydrogen-bond donors (Lipinski definition) is 1. The van der Waals surface area contributed by atoms with Crippen LogP contribution in [0.5, 0.6) is 0 Å². The standard InChI is InChI=1S/C44H28N2O.C2H6.CH5N/c1-45-37-23-10-8-20-34(37)42(33-22-12-15-27-13-2-4-16-29(27)33)46-41-30-17-5-3-14-28(30)25-26-36(41)39-31-18-6-7-19-32(31)40-35-21-9-11-24-38(35)47-44(40)43(39)46;2*1-2/h2-26,42H,1H2;1-2H3;2H2,1H3. The molecular weight excluding hydrogens is 623 g/mol. The Labute approximate surface area is 297 Å². The highest BCUT2D eigenvalue weighted by molar-refractivity contribution is 6.36. The Hall–Kier alpha value is -6.23. The molecule has 248 valence electrons. The fourth-order valence-corrected chi connectivity index (χ4v) is 8.03. The molecule has 1 atom stereocenters. The summed E-state index contributed by atoms with van der Waals surface area (Å²) >= 11 is 0. The molecule has 0 radical (unpaired) electrons. The SMILES string of the molecule is C=Nc1ccccc1C(c1cccc2ccccc12)n1c2c3ccccc3ccc2c2c3ccccc3c3c4ccccc4oc3c21.CC.CN. The molecule has 10 aromatic rings. The number of rotatable bonds is 4. The lowest BCUT2D eigenvalue weighted by Gasteiger charge is -2.26. The number of benzene rings is 8. The van der Waals surface area contributed by atoms with Crippen LogP contribution in [0.4, 0.5) is 5.69 Å². The summed E-state index contributed by atoms with van der Waals surface area (Å²) in [6.07, 6.45) is 0. The number of furan rings is 1. The Morgan fingerprint density at radius 2 is 1.06 bits per heavy atom. The van der Waals surface area contributed by atoms with Crippen LogP contribution < -0.4 is 5.73 Å². The van der Waals surface area contributed by atoms with Crippen LogP contribution in [0.1, 0.15) is 31.0 Å². The molecule has 0 spiro atoms. The van der Waals surface area contributed by atoms with E-state index in [0.29, 0.717) is 0 Å². The first-order chi connectivity index (χ1) is 25.3. The summed E-state index contributed by atoms with van der Waals surface area (Å²) in [7, 11) is 1.50. The van der Waals surface area contributed by atoms with E-state index in [0.717, 1.165) is 38.7 Å². The second kappa shape index (κ2) is 13.2. The zero-order valence-electron chi connectivity index (χ0n) is 29.1. The summed E-state index contributed by atoms with van der Waals surface area (Å²) in [6, 6.07) is 54.0. The van der Waals surface area contributed by atoms with E-state index in [1.54, 1.807) is 0 Å². The molecule has 0 amide bonds. The van der Waals surface area contributed by atoms with Gasteiger partial charge < -0.3 is 14.7 Å². The van der Waals surface area contributed by atoms with Crippen molar-refractivity contribution in [2.45, 2.75) is 19.9 Å². The Kier molecular flexibility index (Phi) is 8.31. The van der Waals surface area contributed by atoms with E-state index in [2.05, 4.69) is 168 Å². The largest absolute Gasteiger partial charge is 0.454 e. The summed E-state index contributed by atoms with van der Waals surface area (Å²) in [5, 5.41) is 11.9. The molecule has 0 aliphatic carbocycles. The van der Waals surface area contributed by atoms with Gasteiger partial charge in [-0.15, -0.1) is 0 Å². The highest BCUT2D eigenvalue weighted by atomic mass is 16.3. The number of nitrogens with two attached hydrogens (primary N) is 1. The minimum absolute atomic E-state index is 0.244. The molecule has 2 aromatic heterocycles. The van der Waals surface area contributed by atoms with Gasteiger partial charge >= 0.3 is 0 Å². The second-order valence-corrected chi connectivity index (χ2v) is 12.3. The Morgan fingerprint density at radius 1 is 0.510 bits per heavy atom. The van der Waals surface area contributed by atoms with Crippen LogP contribution >= 0.6 is 0 Å². The summed E-state index contributed by atoms with van der Waals surface area (Å²) in [4.78, 5) is 4.59. The van der Waals surface area contributed by atoms with Crippen LogP contribution in [0.15, 0.2) is 161 Å². The van der Waals surface area contributed by atoms with Gasteiger partial charge in [-0.3, -0.25) is 4.99 Å². The van der Waals surface area contributed by atoms with E-state index < -0.39 is 0 Å². The van der Waals surface area contributed by atoms with E-state index >= 15 is 0 Å². The van der Waals surface area contributed by atoms with Crippen LogP contribution in [0.2, 0.25) is 0 Å². The quantitative estimate of drug-likeness (QED) is 0.191. The Bertz CT molecular complexity index is 2890. The first-order valence-corrected chi connectivity index (χ1v) is 17.6. The molecule has 0 fully saturated rings. The summed E-state index contributed by atoms with van der Waals surface area (Å²) in [5.41, 5.74) is 11.7. The summed E-state index contributed by atoms with van der Waals surface area (Å²) in [6.45, 7) is 8.03. The van der Waals surface area contributed by atoms with Crippen molar-refractivity contribution in [3.8, 4) is 0 Å². The molecule has 10 rings (SSSR count). The fraction of sp³-hybridized carbons (Fsp3) is 0.0851. The first kappa shape index (κ1) is 32.0. The van der Waals surface area contributed by atoms with Crippen LogP contribution in [-0.2, 0) is 0 Å². The molecule has 1 unspecified atom stereocenters. The fourth-order valence-electron chi connectivity index (χ4n) is 8.03. The predicted octanol–water partition coefficient (Wildman–Crippen LogP) is 12.7. The Morgan fingerprint density at radius 3 is 1.80 bits per heavy atom. The molecule has 0 saturated heterocycles. The van der Waals surface area contributed by atoms with E-state index in [1.165, 1.54) is 61.2 Å². The molecule has 4 nitrogen and oxygen atoms in total. The van der Waals surface area contributed by atoms with Crippen LogP contribution in [0.25, 0.3) is 76.1 Å². The number of aromatic nitrogens is 1. The highest BCUT2D eigenvalue weighted by Gasteiger charge is 2.30. The van der Waals surface area contributed by atoms with Crippen LogP contribution in [0.3, 0.4) is 0 Å². The third-order valence-corrected chi connectivity index (χ3v) is 9.94. The molecule has 0 aliphatic rings. The topological polar surface area (TPSA) is 56.5 Å². The van der Waals surface area contributed by atoms with Crippen molar-refractivity contribution in [3.05, 3.63) is 163 Å². The van der Waals surface area contributed by atoms with Crippen molar-refractivity contribution in [1.82, 2.24) is 4.57 Å². The van der Waals surface area contributed by atoms with E-state index in [1.807, 2.05) is 19.9 Å². The molecular formula is C47H39N3O. The van der Waals surface area contributed by atoms with Gasteiger partial charge in [-0.2, -0.15) is 0 Å². The molecule has 0 saturated carbocycles. The van der Waals surface area contributed by atoms with Gasteiger partial charge in [0.25, 0.3) is 0 Å². The third-order valence-electron chi connectivity index (χ3n) is 9.94. The maximum absolute atomic E-state index is 6.97. The van der Waals surface area contributed by atoms with Gasteiger partial charge in [0.2, 0.25) is 0 Å². The van der Waals surface area contributed by atoms with Gasteiger partial charge in [0.15, 0.2) is 5.58 Å². The predicted molar refractivity (Wildman–Crippen MR) is 220 cm³/mol. The minimum Gasteiger partial charge on any atom is -0.454 e. The van der Waals surface area contributed by atoms with Gasteiger partial charge in [-0.25, -0.2) is 0 Å². The van der Waals surface area contributed by atoms with Crippen molar-refractivity contribution in [3.63, 3.8) is 0 Å². The molecule has 2 heterocycles. The van der Waals surface area contributed by atoms with Gasteiger partial charge in [0, 0.05) is 32.5 Å². The van der Waals surface area contributed by atoms with E-state index in [-0.39, 0.29) is 6.04 Å². The molecule has 0 bridgehead atoms. The van der Waals surface area contributed by atoms with Gasteiger partial charge in [-0.05, 0) is 58.4 Å². The highest BCUT2D eigenvalue weighted by Crippen LogP contribution is 2.50. The maximum atomic E-state index is 6.97. The van der Waals surface area contributed by atoms with Crippen molar-refractivity contribution in [1.29, 1.82) is 0 Å². The zero-order valence-corrected chi connectivity index (χ0v) is 29.1. The van der Waals surface area contributed by atoms with Crippen molar-refractivity contribution in [2.24, 2.45) is 10.7 Å². The lowest BCUT2D eigenvalue weighted by atomic mass is 9.92. The van der Waals surface area contributed by atoms with Crippen molar-refractivity contribution < 1.29 is 4.42 Å². The monoisotopic (exact) mass is 661 g/mol. The molecule has 8 aromatic carbocycles. The Balaban J connectivity index is 0.000000905.